The quantitative estimate of drug-likeness (QED) is 0.371. The van der Waals surface area contributed by atoms with Crippen LogP contribution in [-0.2, 0) is 14.3 Å². The van der Waals surface area contributed by atoms with Crippen molar-refractivity contribution in [2.75, 3.05) is 0 Å². The zero-order valence-corrected chi connectivity index (χ0v) is 11.4. The third-order valence-corrected chi connectivity index (χ3v) is 4.06. The van der Waals surface area contributed by atoms with Gasteiger partial charge in [0.2, 0.25) is 0 Å². The maximum atomic E-state index is 12.7. The van der Waals surface area contributed by atoms with Crippen LogP contribution in [0.15, 0.2) is 42.5 Å². The van der Waals surface area contributed by atoms with Gasteiger partial charge in [-0.05, 0) is 48.4 Å². The molecule has 2 bridgehead atoms. The molecule has 0 saturated heterocycles. The zero-order chi connectivity index (χ0) is 14.8. The first-order valence-electron chi connectivity index (χ1n) is 6.99. The van der Waals surface area contributed by atoms with Crippen LogP contribution in [0.5, 0.6) is 0 Å². The van der Waals surface area contributed by atoms with E-state index in [9.17, 15) is 14.0 Å². The highest BCUT2D eigenvalue weighted by atomic mass is 19.1. The number of hydrogen-bond acceptors (Lipinski definition) is 3. The fourth-order valence-electron chi connectivity index (χ4n) is 3.00. The average Bonchev–Trinajstić information content (AvgIpc) is 3.09. The molecule has 3 unspecified atom stereocenters. The minimum Gasteiger partial charge on any atom is -0.390 e. The van der Waals surface area contributed by atoms with E-state index in [4.69, 9.17) is 4.74 Å². The largest absolute Gasteiger partial charge is 0.390 e. The Morgan fingerprint density at radius 2 is 1.90 bits per heavy atom. The molecule has 3 nitrogen and oxygen atoms in total. The van der Waals surface area contributed by atoms with Crippen LogP contribution in [0.2, 0.25) is 0 Å². The van der Waals surface area contributed by atoms with Gasteiger partial charge in [0, 0.05) is 6.08 Å². The minimum absolute atomic E-state index is 0.192. The fourth-order valence-corrected chi connectivity index (χ4v) is 3.00. The zero-order valence-electron chi connectivity index (χ0n) is 11.4. The fraction of sp³-hybridized carbons (Fsp3) is 0.294. The van der Waals surface area contributed by atoms with E-state index in [2.05, 4.69) is 6.08 Å². The Bertz CT molecular complexity index is 615. The summed E-state index contributed by atoms with van der Waals surface area (Å²) in [4.78, 5) is 23.6. The van der Waals surface area contributed by atoms with Crippen LogP contribution in [0.25, 0.3) is 6.08 Å². The maximum Gasteiger partial charge on any atom is 0.338 e. The van der Waals surface area contributed by atoms with Crippen molar-refractivity contribution in [3.63, 3.8) is 0 Å². The SMILES string of the molecule is O=C(/C=C/c1ccc(F)cc1)OC(=O)C1CC2C=CC1C2. The van der Waals surface area contributed by atoms with Gasteiger partial charge < -0.3 is 4.74 Å². The molecule has 0 spiro atoms. The molecule has 0 N–H and O–H groups in total. The Morgan fingerprint density at radius 1 is 1.14 bits per heavy atom. The van der Waals surface area contributed by atoms with Crippen molar-refractivity contribution in [1.29, 1.82) is 0 Å². The van der Waals surface area contributed by atoms with Gasteiger partial charge in [0.15, 0.2) is 0 Å². The Hall–Kier alpha value is -2.23. The molecular weight excluding hydrogens is 271 g/mol. The summed E-state index contributed by atoms with van der Waals surface area (Å²) in [6, 6.07) is 5.69. The third-order valence-electron chi connectivity index (χ3n) is 4.06. The van der Waals surface area contributed by atoms with E-state index in [0.717, 1.165) is 12.8 Å². The molecule has 0 amide bonds. The smallest absolute Gasteiger partial charge is 0.338 e. The van der Waals surface area contributed by atoms with Crippen LogP contribution in [0.4, 0.5) is 4.39 Å². The van der Waals surface area contributed by atoms with Crippen molar-refractivity contribution >= 4 is 18.0 Å². The van der Waals surface area contributed by atoms with Gasteiger partial charge in [-0.2, -0.15) is 0 Å². The first kappa shape index (κ1) is 13.7. The predicted molar refractivity (Wildman–Crippen MR) is 75.4 cm³/mol. The van der Waals surface area contributed by atoms with Gasteiger partial charge in [-0.25, -0.2) is 9.18 Å². The summed E-state index contributed by atoms with van der Waals surface area (Å²) in [5.41, 5.74) is 0.670. The Kier molecular flexibility index (Phi) is 3.69. The average molecular weight is 286 g/mol. The normalized spacial score (nSPS) is 26.4. The first-order chi connectivity index (χ1) is 10.1. The Balaban J connectivity index is 1.55. The first-order valence-corrected chi connectivity index (χ1v) is 6.99. The molecule has 2 aliphatic carbocycles. The van der Waals surface area contributed by atoms with Gasteiger partial charge in [-0.15, -0.1) is 0 Å². The number of carbonyl (C=O) groups is 2. The number of allylic oxidation sites excluding steroid dienone is 2. The van der Waals surface area contributed by atoms with Gasteiger partial charge in [-0.1, -0.05) is 24.3 Å². The van der Waals surface area contributed by atoms with E-state index in [1.54, 1.807) is 12.1 Å². The van der Waals surface area contributed by atoms with E-state index in [1.807, 2.05) is 6.08 Å². The van der Waals surface area contributed by atoms with E-state index >= 15 is 0 Å². The summed E-state index contributed by atoms with van der Waals surface area (Å²) in [6.45, 7) is 0. The lowest BCUT2D eigenvalue weighted by atomic mass is 9.94. The monoisotopic (exact) mass is 286 g/mol. The van der Waals surface area contributed by atoms with Gasteiger partial charge in [0.05, 0.1) is 5.92 Å². The topological polar surface area (TPSA) is 43.4 Å². The highest BCUT2D eigenvalue weighted by Gasteiger charge is 2.41. The van der Waals surface area contributed by atoms with E-state index in [-0.39, 0.29) is 17.7 Å². The van der Waals surface area contributed by atoms with Crippen molar-refractivity contribution in [2.24, 2.45) is 17.8 Å². The molecule has 21 heavy (non-hydrogen) atoms. The van der Waals surface area contributed by atoms with E-state index in [0.29, 0.717) is 11.5 Å². The van der Waals surface area contributed by atoms with E-state index < -0.39 is 11.9 Å². The second-order valence-corrected chi connectivity index (χ2v) is 5.51. The summed E-state index contributed by atoms with van der Waals surface area (Å²) < 4.78 is 17.6. The number of esters is 2. The van der Waals surface area contributed by atoms with E-state index in [1.165, 1.54) is 24.3 Å². The summed E-state index contributed by atoms with van der Waals surface area (Å²) in [5.74, 6) is -0.983. The second kappa shape index (κ2) is 5.64. The van der Waals surface area contributed by atoms with Crippen LogP contribution >= 0.6 is 0 Å². The van der Waals surface area contributed by atoms with Crippen molar-refractivity contribution in [1.82, 2.24) is 0 Å². The number of benzene rings is 1. The van der Waals surface area contributed by atoms with Crippen LogP contribution in [0.1, 0.15) is 18.4 Å². The molecule has 1 fully saturated rings. The van der Waals surface area contributed by atoms with Gasteiger partial charge in [0.1, 0.15) is 5.82 Å². The molecule has 1 aromatic carbocycles. The summed E-state index contributed by atoms with van der Waals surface area (Å²) in [5, 5.41) is 0. The molecular formula is C17H15FO3. The Labute approximate surface area is 122 Å². The van der Waals surface area contributed by atoms with Crippen molar-refractivity contribution in [3.8, 4) is 0 Å². The molecule has 4 heteroatoms. The van der Waals surface area contributed by atoms with Crippen molar-refractivity contribution < 1.29 is 18.7 Å². The van der Waals surface area contributed by atoms with Gasteiger partial charge in [0.25, 0.3) is 0 Å². The standard InChI is InChI=1S/C17H15FO3/c18-14-6-2-11(3-7-14)4-8-16(19)21-17(20)15-10-12-1-5-13(15)9-12/h1-8,12-13,15H,9-10H2/b8-4+. The minimum atomic E-state index is -0.684. The molecule has 3 atom stereocenters. The second-order valence-electron chi connectivity index (χ2n) is 5.51. The maximum absolute atomic E-state index is 12.7. The number of ether oxygens (including phenoxy) is 1. The molecule has 3 rings (SSSR count). The molecule has 0 aromatic heterocycles. The lowest BCUT2D eigenvalue weighted by Gasteiger charge is -2.14. The summed E-state index contributed by atoms with van der Waals surface area (Å²) in [7, 11) is 0. The number of carbonyl (C=O) groups excluding carboxylic acids is 2. The molecule has 108 valence electrons. The van der Waals surface area contributed by atoms with Gasteiger partial charge >= 0.3 is 11.9 Å². The summed E-state index contributed by atoms with van der Waals surface area (Å²) in [6.07, 6.45) is 8.61. The van der Waals surface area contributed by atoms with Crippen LogP contribution < -0.4 is 0 Å². The van der Waals surface area contributed by atoms with Crippen molar-refractivity contribution in [3.05, 3.63) is 53.9 Å². The molecule has 2 aliphatic rings. The van der Waals surface area contributed by atoms with Gasteiger partial charge in [-0.3, -0.25) is 4.79 Å². The molecule has 1 aromatic rings. The highest BCUT2D eigenvalue weighted by Crippen LogP contribution is 2.43. The summed E-state index contributed by atoms with van der Waals surface area (Å²) >= 11 is 0. The number of halogens is 1. The number of hydrogen-bond donors (Lipinski definition) is 0. The third kappa shape index (κ3) is 3.10. The lowest BCUT2D eigenvalue weighted by Crippen LogP contribution is -2.23. The molecule has 0 heterocycles. The number of fused-ring (bicyclic) bond motifs is 2. The predicted octanol–water partition coefficient (Wildman–Crippen LogP) is 3.12. The lowest BCUT2D eigenvalue weighted by molar-refractivity contribution is -0.160. The molecule has 0 aliphatic heterocycles. The highest BCUT2D eigenvalue weighted by molar-refractivity contribution is 5.95. The molecule has 1 saturated carbocycles. The van der Waals surface area contributed by atoms with Crippen LogP contribution in [0, 0.1) is 23.6 Å². The number of rotatable bonds is 3. The Morgan fingerprint density at radius 3 is 2.52 bits per heavy atom. The van der Waals surface area contributed by atoms with Crippen LogP contribution in [-0.4, -0.2) is 11.9 Å². The van der Waals surface area contributed by atoms with Crippen LogP contribution in [0.3, 0.4) is 0 Å². The van der Waals surface area contributed by atoms with Crippen molar-refractivity contribution in [2.45, 2.75) is 12.8 Å². The molecule has 0 radical (unpaired) electrons.